The number of hydrogen-bond donors (Lipinski definition) is 1. The predicted molar refractivity (Wildman–Crippen MR) is 118 cm³/mol. The molecule has 28 heavy (non-hydrogen) atoms. The van der Waals surface area contributed by atoms with Crippen molar-refractivity contribution >= 4 is 50.9 Å². The number of halogens is 3. The van der Waals surface area contributed by atoms with Crippen LogP contribution in [0.25, 0.3) is 0 Å². The summed E-state index contributed by atoms with van der Waals surface area (Å²) in [6.07, 6.45) is 0.924. The highest BCUT2D eigenvalue weighted by atomic mass is 79.9. The average molecular weight is 486 g/mol. The third-order valence-electron chi connectivity index (χ3n) is 4.32. The summed E-state index contributed by atoms with van der Waals surface area (Å²) in [5.74, 6) is -0.351. The molecule has 2 amide bonds. The van der Waals surface area contributed by atoms with Gasteiger partial charge in [0, 0.05) is 27.6 Å². The number of carbonyl (C=O) groups is 2. The van der Waals surface area contributed by atoms with E-state index in [0.29, 0.717) is 28.7 Å². The second-order valence-electron chi connectivity index (χ2n) is 6.53. The van der Waals surface area contributed by atoms with E-state index in [0.717, 1.165) is 16.5 Å². The molecule has 0 aliphatic rings. The lowest BCUT2D eigenvalue weighted by molar-refractivity contribution is -0.140. The first-order valence-electron chi connectivity index (χ1n) is 9.07. The molecule has 2 aromatic carbocycles. The van der Waals surface area contributed by atoms with Crippen molar-refractivity contribution in [2.24, 2.45) is 0 Å². The lowest BCUT2D eigenvalue weighted by Crippen LogP contribution is -2.48. The van der Waals surface area contributed by atoms with Crippen molar-refractivity contribution in [2.45, 2.75) is 39.3 Å². The normalized spacial score (nSPS) is 11.8. The SMILES string of the molecule is CCCNC(=O)[C@@H](C)N(Cc1cccc(Br)c1)C(=O)Cc1ccc(Cl)cc1Cl. The summed E-state index contributed by atoms with van der Waals surface area (Å²) in [7, 11) is 0. The molecule has 2 rings (SSSR count). The fraction of sp³-hybridized carbons (Fsp3) is 0.333. The van der Waals surface area contributed by atoms with Crippen molar-refractivity contribution in [3.8, 4) is 0 Å². The zero-order valence-electron chi connectivity index (χ0n) is 15.8. The largest absolute Gasteiger partial charge is 0.354 e. The molecular weight excluding hydrogens is 463 g/mol. The highest BCUT2D eigenvalue weighted by Gasteiger charge is 2.26. The van der Waals surface area contributed by atoms with Gasteiger partial charge in [0.25, 0.3) is 0 Å². The summed E-state index contributed by atoms with van der Waals surface area (Å²) in [5, 5.41) is 3.81. The minimum atomic E-state index is -0.607. The third kappa shape index (κ3) is 6.50. The molecule has 0 unspecified atom stereocenters. The zero-order chi connectivity index (χ0) is 20.7. The highest BCUT2D eigenvalue weighted by molar-refractivity contribution is 9.10. The van der Waals surface area contributed by atoms with E-state index >= 15 is 0 Å². The van der Waals surface area contributed by atoms with Gasteiger partial charge in [-0.05, 0) is 48.7 Å². The Balaban J connectivity index is 2.25. The van der Waals surface area contributed by atoms with E-state index in [2.05, 4.69) is 21.2 Å². The molecule has 0 saturated heterocycles. The Labute approximate surface area is 184 Å². The van der Waals surface area contributed by atoms with Crippen LogP contribution in [0.2, 0.25) is 10.0 Å². The Kier molecular flexibility index (Phi) is 8.80. The highest BCUT2D eigenvalue weighted by Crippen LogP contribution is 2.23. The molecular formula is C21H23BrCl2N2O2. The lowest BCUT2D eigenvalue weighted by atomic mass is 10.1. The van der Waals surface area contributed by atoms with Gasteiger partial charge in [0.15, 0.2) is 0 Å². The minimum Gasteiger partial charge on any atom is -0.354 e. The summed E-state index contributed by atoms with van der Waals surface area (Å²) >= 11 is 15.6. The van der Waals surface area contributed by atoms with Crippen molar-refractivity contribution in [3.63, 3.8) is 0 Å². The van der Waals surface area contributed by atoms with Crippen molar-refractivity contribution in [1.82, 2.24) is 10.2 Å². The predicted octanol–water partition coefficient (Wildman–Crippen LogP) is 5.24. The van der Waals surface area contributed by atoms with Crippen LogP contribution in [0, 0.1) is 0 Å². The van der Waals surface area contributed by atoms with E-state index < -0.39 is 6.04 Å². The molecule has 0 saturated carbocycles. The van der Waals surface area contributed by atoms with E-state index in [1.807, 2.05) is 31.2 Å². The van der Waals surface area contributed by atoms with Crippen LogP contribution >= 0.6 is 39.1 Å². The third-order valence-corrected chi connectivity index (χ3v) is 5.40. The number of carbonyl (C=O) groups excluding carboxylic acids is 2. The molecule has 4 nitrogen and oxygen atoms in total. The second kappa shape index (κ2) is 10.8. The maximum absolute atomic E-state index is 13.1. The van der Waals surface area contributed by atoms with Crippen LogP contribution in [0.3, 0.4) is 0 Å². The van der Waals surface area contributed by atoms with E-state index in [1.165, 1.54) is 0 Å². The molecule has 0 aliphatic carbocycles. The summed E-state index contributed by atoms with van der Waals surface area (Å²) < 4.78 is 0.918. The van der Waals surface area contributed by atoms with Crippen molar-refractivity contribution in [1.29, 1.82) is 0 Å². The van der Waals surface area contributed by atoms with Gasteiger partial charge in [-0.15, -0.1) is 0 Å². The van der Waals surface area contributed by atoms with E-state index in [1.54, 1.807) is 30.0 Å². The van der Waals surface area contributed by atoms with Crippen LogP contribution < -0.4 is 5.32 Å². The molecule has 0 heterocycles. The lowest BCUT2D eigenvalue weighted by Gasteiger charge is -2.29. The monoisotopic (exact) mass is 484 g/mol. The van der Waals surface area contributed by atoms with Crippen molar-refractivity contribution in [3.05, 3.63) is 68.1 Å². The smallest absolute Gasteiger partial charge is 0.242 e. The zero-order valence-corrected chi connectivity index (χ0v) is 18.9. The first kappa shape index (κ1) is 22.7. The first-order chi connectivity index (χ1) is 13.3. The summed E-state index contributed by atoms with van der Waals surface area (Å²) in [6, 6.07) is 12.1. The van der Waals surface area contributed by atoms with E-state index in [9.17, 15) is 9.59 Å². The van der Waals surface area contributed by atoms with Gasteiger partial charge in [-0.25, -0.2) is 0 Å². The fourth-order valence-electron chi connectivity index (χ4n) is 2.74. The van der Waals surface area contributed by atoms with Crippen LogP contribution in [0.5, 0.6) is 0 Å². The summed E-state index contributed by atoms with van der Waals surface area (Å²) in [5.41, 5.74) is 1.61. The fourth-order valence-corrected chi connectivity index (χ4v) is 3.66. The maximum Gasteiger partial charge on any atom is 0.242 e. The molecule has 1 N–H and O–H groups in total. The van der Waals surface area contributed by atoms with Crippen molar-refractivity contribution < 1.29 is 9.59 Å². The number of amides is 2. The standard InChI is InChI=1S/C21H23BrCl2N2O2/c1-3-9-25-21(28)14(2)26(13-15-5-4-6-17(22)10-15)20(27)11-16-7-8-18(23)12-19(16)24/h4-8,10,12,14H,3,9,11,13H2,1-2H3,(H,25,28)/t14-/m1/s1. The van der Waals surface area contributed by atoms with Crippen LogP contribution in [0.15, 0.2) is 46.9 Å². The van der Waals surface area contributed by atoms with E-state index in [4.69, 9.17) is 23.2 Å². The van der Waals surface area contributed by atoms with Gasteiger partial charge < -0.3 is 10.2 Å². The van der Waals surface area contributed by atoms with Gasteiger partial charge >= 0.3 is 0 Å². The first-order valence-corrected chi connectivity index (χ1v) is 10.6. The summed E-state index contributed by atoms with van der Waals surface area (Å²) in [4.78, 5) is 27.2. The molecule has 2 aromatic rings. The Bertz CT molecular complexity index is 845. The van der Waals surface area contributed by atoms with Crippen LogP contribution in [0.4, 0.5) is 0 Å². The quantitative estimate of drug-likeness (QED) is 0.555. The number of rotatable bonds is 8. The molecule has 7 heteroatoms. The number of hydrogen-bond acceptors (Lipinski definition) is 2. The van der Waals surface area contributed by atoms with Gasteiger partial charge in [-0.2, -0.15) is 0 Å². The van der Waals surface area contributed by atoms with Crippen LogP contribution in [0.1, 0.15) is 31.4 Å². The van der Waals surface area contributed by atoms with Crippen LogP contribution in [-0.4, -0.2) is 29.3 Å². The van der Waals surface area contributed by atoms with Gasteiger partial charge in [0.05, 0.1) is 6.42 Å². The molecule has 150 valence electrons. The minimum absolute atomic E-state index is 0.0927. The maximum atomic E-state index is 13.1. The van der Waals surface area contributed by atoms with Crippen LogP contribution in [-0.2, 0) is 22.6 Å². The Morgan fingerprint density at radius 3 is 2.57 bits per heavy atom. The molecule has 0 aromatic heterocycles. The molecule has 0 aliphatic heterocycles. The van der Waals surface area contributed by atoms with Gasteiger partial charge in [-0.3, -0.25) is 9.59 Å². The van der Waals surface area contributed by atoms with Crippen molar-refractivity contribution in [2.75, 3.05) is 6.54 Å². The van der Waals surface area contributed by atoms with E-state index in [-0.39, 0.29) is 18.2 Å². The molecule has 0 spiro atoms. The average Bonchev–Trinajstić information content (AvgIpc) is 2.65. The Morgan fingerprint density at radius 1 is 1.18 bits per heavy atom. The number of nitrogens with zero attached hydrogens (tertiary/aromatic N) is 1. The molecule has 0 bridgehead atoms. The van der Waals surface area contributed by atoms with Gasteiger partial charge in [-0.1, -0.05) is 64.3 Å². The Morgan fingerprint density at radius 2 is 1.93 bits per heavy atom. The molecule has 0 radical (unpaired) electrons. The van der Waals surface area contributed by atoms with Gasteiger partial charge in [0.1, 0.15) is 6.04 Å². The number of nitrogens with one attached hydrogen (secondary N) is 1. The summed E-state index contributed by atoms with van der Waals surface area (Å²) in [6.45, 7) is 4.62. The molecule has 1 atom stereocenters. The topological polar surface area (TPSA) is 49.4 Å². The Hall–Kier alpha value is -1.56. The second-order valence-corrected chi connectivity index (χ2v) is 8.29. The van der Waals surface area contributed by atoms with Gasteiger partial charge in [0.2, 0.25) is 11.8 Å². The number of benzene rings is 2. The molecule has 0 fully saturated rings.